The molecule has 0 saturated carbocycles. The Labute approximate surface area is 133 Å². The van der Waals surface area contributed by atoms with Gasteiger partial charge < -0.3 is 15.8 Å². The molecule has 5 nitrogen and oxygen atoms in total. The number of pyridine rings is 1. The highest BCUT2D eigenvalue weighted by atomic mass is 19.4. The molecular formula is C15H22F3N3O2. The van der Waals surface area contributed by atoms with Crippen molar-refractivity contribution in [2.24, 2.45) is 5.73 Å². The van der Waals surface area contributed by atoms with Crippen molar-refractivity contribution in [1.82, 2.24) is 10.3 Å². The third kappa shape index (κ3) is 5.38. The summed E-state index contributed by atoms with van der Waals surface area (Å²) in [6.07, 6.45) is -4.00. The summed E-state index contributed by atoms with van der Waals surface area (Å²) in [4.78, 5) is 15.6. The number of halogens is 3. The van der Waals surface area contributed by atoms with E-state index in [-0.39, 0.29) is 18.8 Å². The Morgan fingerprint density at radius 2 is 1.91 bits per heavy atom. The van der Waals surface area contributed by atoms with E-state index in [4.69, 9.17) is 10.5 Å². The largest absolute Gasteiger partial charge is 0.444 e. The second-order valence-corrected chi connectivity index (χ2v) is 6.52. The molecule has 0 bridgehead atoms. The molecule has 0 aliphatic heterocycles. The minimum Gasteiger partial charge on any atom is -0.444 e. The lowest BCUT2D eigenvalue weighted by molar-refractivity contribution is -0.139. The maximum absolute atomic E-state index is 13.1. The van der Waals surface area contributed by atoms with E-state index in [1.807, 2.05) is 0 Å². The van der Waals surface area contributed by atoms with E-state index in [2.05, 4.69) is 10.3 Å². The Kier molecular flexibility index (Phi) is 5.63. The van der Waals surface area contributed by atoms with Crippen LogP contribution in [0.2, 0.25) is 0 Å². The molecule has 1 amide bonds. The van der Waals surface area contributed by atoms with E-state index >= 15 is 0 Å². The summed E-state index contributed by atoms with van der Waals surface area (Å²) < 4.78 is 44.5. The first-order valence-electron chi connectivity index (χ1n) is 7.09. The number of hydrogen-bond acceptors (Lipinski definition) is 4. The standard InChI is InChI=1S/C15H22F3N3O2/c1-13(2,3)23-12(22)21-9-14(4,8-19)11-10(15(16,17)18)6-5-7-20-11/h5-7H,8-9,19H2,1-4H3,(H,21,22). The number of carbonyl (C=O) groups excluding carboxylic acids is 1. The molecule has 130 valence electrons. The number of alkyl halides is 3. The molecule has 1 unspecified atom stereocenters. The molecule has 23 heavy (non-hydrogen) atoms. The second-order valence-electron chi connectivity index (χ2n) is 6.52. The number of nitrogens with zero attached hydrogens (tertiary/aromatic N) is 1. The highest BCUT2D eigenvalue weighted by molar-refractivity contribution is 5.67. The van der Waals surface area contributed by atoms with Gasteiger partial charge in [-0.15, -0.1) is 0 Å². The Morgan fingerprint density at radius 1 is 1.30 bits per heavy atom. The topological polar surface area (TPSA) is 77.2 Å². The SMILES string of the molecule is CC(C)(C)OC(=O)NCC(C)(CN)c1ncccc1C(F)(F)F. The molecule has 1 rings (SSSR count). The molecule has 1 aromatic rings. The average Bonchev–Trinajstić information content (AvgIpc) is 2.42. The van der Waals surface area contributed by atoms with Gasteiger partial charge in [0.25, 0.3) is 0 Å². The Hall–Kier alpha value is -1.83. The van der Waals surface area contributed by atoms with Gasteiger partial charge in [0.05, 0.1) is 11.3 Å². The van der Waals surface area contributed by atoms with Crippen molar-refractivity contribution in [3.05, 3.63) is 29.6 Å². The van der Waals surface area contributed by atoms with Gasteiger partial charge in [-0.05, 0) is 32.9 Å². The smallest absolute Gasteiger partial charge is 0.418 e. The van der Waals surface area contributed by atoms with Crippen molar-refractivity contribution in [3.8, 4) is 0 Å². The van der Waals surface area contributed by atoms with Crippen molar-refractivity contribution >= 4 is 6.09 Å². The lowest BCUT2D eigenvalue weighted by Crippen LogP contribution is -2.46. The van der Waals surface area contributed by atoms with Crippen LogP contribution in [0.3, 0.4) is 0 Å². The van der Waals surface area contributed by atoms with Crippen molar-refractivity contribution in [2.45, 2.75) is 44.9 Å². The van der Waals surface area contributed by atoms with Crippen molar-refractivity contribution in [3.63, 3.8) is 0 Å². The van der Waals surface area contributed by atoms with Crippen LogP contribution in [0, 0.1) is 0 Å². The number of nitrogens with two attached hydrogens (primary N) is 1. The maximum Gasteiger partial charge on any atom is 0.418 e. The minimum absolute atomic E-state index is 0.122. The van der Waals surface area contributed by atoms with Gasteiger partial charge in [-0.2, -0.15) is 13.2 Å². The van der Waals surface area contributed by atoms with Crippen LogP contribution in [0.4, 0.5) is 18.0 Å². The molecule has 0 aliphatic carbocycles. The van der Waals surface area contributed by atoms with E-state index in [1.165, 1.54) is 19.2 Å². The van der Waals surface area contributed by atoms with Crippen molar-refractivity contribution in [1.29, 1.82) is 0 Å². The van der Waals surface area contributed by atoms with E-state index in [1.54, 1.807) is 20.8 Å². The van der Waals surface area contributed by atoms with Gasteiger partial charge in [-0.25, -0.2) is 4.79 Å². The van der Waals surface area contributed by atoms with Crippen LogP contribution in [0.5, 0.6) is 0 Å². The number of hydrogen-bond donors (Lipinski definition) is 2. The molecule has 0 radical (unpaired) electrons. The van der Waals surface area contributed by atoms with E-state index in [9.17, 15) is 18.0 Å². The molecule has 1 heterocycles. The van der Waals surface area contributed by atoms with E-state index in [0.717, 1.165) is 6.07 Å². The first-order chi connectivity index (χ1) is 10.4. The van der Waals surface area contributed by atoms with Gasteiger partial charge in [0.2, 0.25) is 0 Å². The summed E-state index contributed by atoms with van der Waals surface area (Å²) in [7, 11) is 0. The molecule has 0 fully saturated rings. The monoisotopic (exact) mass is 333 g/mol. The fraction of sp³-hybridized carbons (Fsp3) is 0.600. The molecule has 0 spiro atoms. The van der Waals surface area contributed by atoms with Gasteiger partial charge in [0, 0.05) is 24.7 Å². The van der Waals surface area contributed by atoms with Gasteiger partial charge in [0.15, 0.2) is 0 Å². The van der Waals surface area contributed by atoms with Crippen LogP contribution in [0.15, 0.2) is 18.3 Å². The highest BCUT2D eigenvalue weighted by Gasteiger charge is 2.40. The quantitative estimate of drug-likeness (QED) is 0.888. The predicted molar refractivity (Wildman–Crippen MR) is 79.9 cm³/mol. The number of rotatable bonds is 4. The number of nitrogens with one attached hydrogen (secondary N) is 1. The number of aromatic nitrogens is 1. The first kappa shape index (κ1) is 19.2. The maximum atomic E-state index is 13.1. The van der Waals surface area contributed by atoms with Gasteiger partial charge in [0.1, 0.15) is 5.60 Å². The molecule has 1 aromatic heterocycles. The van der Waals surface area contributed by atoms with Crippen LogP contribution in [0.25, 0.3) is 0 Å². The summed E-state index contributed by atoms with van der Waals surface area (Å²) in [5, 5.41) is 2.46. The summed E-state index contributed by atoms with van der Waals surface area (Å²) in [5.41, 5.74) is 2.72. The van der Waals surface area contributed by atoms with Crippen molar-refractivity contribution in [2.75, 3.05) is 13.1 Å². The summed E-state index contributed by atoms with van der Waals surface area (Å²) in [6.45, 7) is 6.34. The molecular weight excluding hydrogens is 311 g/mol. The second kappa shape index (κ2) is 6.74. The third-order valence-electron chi connectivity index (χ3n) is 3.16. The zero-order valence-corrected chi connectivity index (χ0v) is 13.6. The number of carbonyl (C=O) groups is 1. The molecule has 0 saturated heterocycles. The summed E-state index contributed by atoms with van der Waals surface area (Å²) >= 11 is 0. The first-order valence-corrected chi connectivity index (χ1v) is 7.09. The van der Waals surface area contributed by atoms with Crippen LogP contribution < -0.4 is 11.1 Å². The molecule has 8 heteroatoms. The zero-order valence-electron chi connectivity index (χ0n) is 13.6. The third-order valence-corrected chi connectivity index (χ3v) is 3.16. The normalized spacial score (nSPS) is 15.0. The van der Waals surface area contributed by atoms with Crippen LogP contribution in [-0.4, -0.2) is 29.8 Å². The zero-order chi connectivity index (χ0) is 17.9. The molecule has 0 aliphatic rings. The number of alkyl carbamates (subject to hydrolysis) is 1. The minimum atomic E-state index is -4.55. The van der Waals surface area contributed by atoms with E-state index < -0.39 is 28.8 Å². The molecule has 3 N–H and O–H groups in total. The van der Waals surface area contributed by atoms with Gasteiger partial charge >= 0.3 is 12.3 Å². The summed E-state index contributed by atoms with van der Waals surface area (Å²) in [5.74, 6) is 0. The predicted octanol–water partition coefficient (Wildman–Crippen LogP) is 2.84. The lowest BCUT2D eigenvalue weighted by Gasteiger charge is -2.30. The van der Waals surface area contributed by atoms with E-state index in [0.29, 0.717) is 0 Å². The average molecular weight is 333 g/mol. The Bertz CT molecular complexity index is 556. The number of amides is 1. The van der Waals surface area contributed by atoms with Crippen molar-refractivity contribution < 1.29 is 22.7 Å². The molecule has 1 atom stereocenters. The Balaban J connectivity index is 3.01. The summed E-state index contributed by atoms with van der Waals surface area (Å²) in [6, 6.07) is 2.16. The Morgan fingerprint density at radius 3 is 2.39 bits per heavy atom. The van der Waals surface area contributed by atoms with Gasteiger partial charge in [-0.1, -0.05) is 6.92 Å². The fourth-order valence-corrected chi connectivity index (χ4v) is 1.95. The van der Waals surface area contributed by atoms with Crippen LogP contribution >= 0.6 is 0 Å². The number of ether oxygens (including phenoxy) is 1. The van der Waals surface area contributed by atoms with Crippen LogP contribution in [-0.2, 0) is 16.3 Å². The molecule has 0 aromatic carbocycles. The highest BCUT2D eigenvalue weighted by Crippen LogP contribution is 2.35. The fourth-order valence-electron chi connectivity index (χ4n) is 1.95. The lowest BCUT2D eigenvalue weighted by atomic mass is 9.83. The van der Waals surface area contributed by atoms with Crippen LogP contribution in [0.1, 0.15) is 39.0 Å². The van der Waals surface area contributed by atoms with Gasteiger partial charge in [-0.3, -0.25) is 4.98 Å².